The van der Waals surface area contributed by atoms with Gasteiger partial charge in [-0.2, -0.15) is 5.10 Å². The fraction of sp³-hybridized carbons (Fsp3) is 0.438. The minimum Gasteiger partial charge on any atom is -0.369 e. The van der Waals surface area contributed by atoms with Crippen molar-refractivity contribution in [1.82, 2.24) is 10.2 Å². The van der Waals surface area contributed by atoms with Crippen LogP contribution >= 0.6 is 0 Å². The number of rotatable bonds is 11. The normalized spacial score (nSPS) is 18.1. The summed E-state index contributed by atoms with van der Waals surface area (Å²) in [7, 11) is 1.57. The summed E-state index contributed by atoms with van der Waals surface area (Å²) in [6.45, 7) is 11.7. The number of aromatic nitrogens is 2. The number of carbonyl (C=O) groups is 1. The van der Waals surface area contributed by atoms with Crippen molar-refractivity contribution in [2.24, 2.45) is 21.6 Å². The van der Waals surface area contributed by atoms with Crippen LogP contribution in [0.5, 0.6) is 0 Å². The number of nitrogens with two attached hydrogens (primary N) is 1. The third-order valence-electron chi connectivity index (χ3n) is 8.10. The lowest BCUT2D eigenvalue weighted by atomic mass is 9.92. The van der Waals surface area contributed by atoms with Gasteiger partial charge in [0.15, 0.2) is 5.82 Å². The van der Waals surface area contributed by atoms with E-state index >= 15 is 8.78 Å². The van der Waals surface area contributed by atoms with Crippen LogP contribution in [0.15, 0.2) is 62.5 Å². The summed E-state index contributed by atoms with van der Waals surface area (Å²) < 4.78 is 31.0. The molecule has 2 fully saturated rings. The van der Waals surface area contributed by atoms with Gasteiger partial charge in [0.05, 0.1) is 11.1 Å². The van der Waals surface area contributed by atoms with E-state index in [1.807, 2.05) is 32.9 Å². The number of benzene rings is 1. The van der Waals surface area contributed by atoms with Gasteiger partial charge >= 0.3 is 0 Å². The molecule has 10 heteroatoms. The van der Waals surface area contributed by atoms with E-state index in [1.165, 1.54) is 17.0 Å². The number of H-pyrrole nitrogens is 1. The van der Waals surface area contributed by atoms with Gasteiger partial charge < -0.3 is 16.0 Å². The number of amides is 1. The first kappa shape index (κ1) is 30.9. The summed E-state index contributed by atoms with van der Waals surface area (Å²) >= 11 is 0. The summed E-state index contributed by atoms with van der Waals surface area (Å²) in [5.41, 5.74) is 9.45. The van der Waals surface area contributed by atoms with E-state index in [2.05, 4.69) is 34.4 Å². The number of carbonyl (C=O) groups excluding carboxylic acids is 1. The first-order valence-corrected chi connectivity index (χ1v) is 14.4. The molecular formula is C32H41F2N7O. The fourth-order valence-electron chi connectivity index (χ4n) is 5.20. The van der Waals surface area contributed by atoms with E-state index < -0.39 is 23.0 Å². The van der Waals surface area contributed by atoms with Crippen molar-refractivity contribution in [3.05, 3.63) is 75.4 Å². The first-order valence-electron chi connectivity index (χ1n) is 14.4. The molecule has 0 radical (unpaired) electrons. The van der Waals surface area contributed by atoms with Crippen molar-refractivity contribution in [3.8, 4) is 0 Å². The highest BCUT2D eigenvalue weighted by Gasteiger charge is 2.50. The third-order valence-corrected chi connectivity index (χ3v) is 8.10. The highest BCUT2D eigenvalue weighted by atomic mass is 19.1. The molecule has 8 nitrogen and oxygen atoms in total. The number of amidine groups is 1. The maximum Gasteiger partial charge on any atom is 0.228 e. The molecule has 42 heavy (non-hydrogen) atoms. The molecule has 1 aromatic heterocycles. The molecule has 1 amide bonds. The Balaban J connectivity index is 1.87. The Labute approximate surface area is 246 Å². The summed E-state index contributed by atoms with van der Waals surface area (Å²) in [5.74, 6) is -0.407. The molecule has 2 aromatic rings. The smallest absolute Gasteiger partial charge is 0.228 e. The van der Waals surface area contributed by atoms with Gasteiger partial charge in [0.1, 0.15) is 29.0 Å². The summed E-state index contributed by atoms with van der Waals surface area (Å²) in [6, 6.07) is 4.30. The lowest BCUT2D eigenvalue weighted by Gasteiger charge is -2.24. The Morgan fingerprint density at radius 1 is 1.21 bits per heavy atom. The van der Waals surface area contributed by atoms with Crippen molar-refractivity contribution in [2.45, 2.75) is 79.1 Å². The Hall–Kier alpha value is -4.08. The first-order chi connectivity index (χ1) is 20.0. The van der Waals surface area contributed by atoms with Gasteiger partial charge in [0, 0.05) is 36.2 Å². The molecule has 224 valence electrons. The lowest BCUT2D eigenvalue weighted by molar-refractivity contribution is -0.120. The topological polar surface area (TPSA) is 112 Å². The second kappa shape index (κ2) is 12.4. The van der Waals surface area contributed by atoms with Gasteiger partial charge in [-0.1, -0.05) is 18.6 Å². The predicted molar refractivity (Wildman–Crippen MR) is 166 cm³/mol. The molecule has 2 aliphatic carbocycles. The highest BCUT2D eigenvalue weighted by molar-refractivity contribution is 5.97. The minimum atomic E-state index is -0.992. The number of allylic oxidation sites excluding steroid dienone is 3. The fourth-order valence-corrected chi connectivity index (χ4v) is 5.20. The van der Waals surface area contributed by atoms with Crippen molar-refractivity contribution in [1.29, 1.82) is 0 Å². The maximum absolute atomic E-state index is 15.5. The number of hydrogen-bond donors (Lipinski definition) is 3. The SMILES string of the molecule is CC=NC(=C\C)/C(=C(/C)CC)C(=C(\N=C(/C)N(C)c1c(F)cc(C2(C(N)=O)CC2)cc1F)Nc1cc(C)[nH]n1)/C1CC1. The molecule has 4 N–H and O–H groups in total. The van der Waals surface area contributed by atoms with Gasteiger partial charge in [0.25, 0.3) is 0 Å². The zero-order valence-corrected chi connectivity index (χ0v) is 25.5. The lowest BCUT2D eigenvalue weighted by Crippen LogP contribution is -2.30. The number of halogens is 2. The van der Waals surface area contributed by atoms with Crippen molar-refractivity contribution in [3.63, 3.8) is 0 Å². The number of aliphatic imine (C=N–C) groups is 2. The second-order valence-corrected chi connectivity index (χ2v) is 11.1. The third kappa shape index (κ3) is 6.22. The molecule has 0 aliphatic heterocycles. The van der Waals surface area contributed by atoms with Gasteiger partial charge in [0.2, 0.25) is 5.91 Å². The number of primary amides is 1. The van der Waals surface area contributed by atoms with Gasteiger partial charge in [-0.15, -0.1) is 0 Å². The summed E-state index contributed by atoms with van der Waals surface area (Å²) in [4.78, 5) is 23.0. The Morgan fingerprint density at radius 2 is 1.86 bits per heavy atom. The van der Waals surface area contributed by atoms with Crippen LogP contribution < -0.4 is 16.0 Å². The molecule has 2 aliphatic rings. The van der Waals surface area contributed by atoms with Gasteiger partial charge in [-0.25, -0.2) is 13.8 Å². The average molecular weight is 578 g/mol. The summed E-state index contributed by atoms with van der Waals surface area (Å²) in [5, 5.41) is 10.7. The standard InChI is InChI=1S/C32H41F2N7O/c1-8-18(4)27(25(9-2)36-10-3)28(21-11-12-21)30(38-26-15-19(5)39-40-26)37-20(6)41(7)29-23(33)16-22(17-24(29)34)32(13-14-32)31(35)42/h9-10,15-17,21H,8,11-14H2,1-7H3,(H2,35,42)(H2,38,39,40)/b25-9-,27-18+,30-28+,36-10?,37-20+. The van der Waals surface area contributed by atoms with Crippen LogP contribution in [0, 0.1) is 24.5 Å². The molecule has 1 heterocycles. The van der Waals surface area contributed by atoms with Crippen LogP contribution in [0.1, 0.15) is 78.0 Å². The maximum atomic E-state index is 15.5. The quantitative estimate of drug-likeness (QED) is 0.155. The molecule has 2 saturated carbocycles. The molecule has 1 aromatic carbocycles. The Kier molecular flexibility index (Phi) is 9.13. The number of aryl methyl sites for hydroxylation is 1. The van der Waals surface area contributed by atoms with Crippen molar-refractivity contribution >= 4 is 29.5 Å². The number of hydrogen-bond acceptors (Lipinski definition) is 5. The predicted octanol–water partition coefficient (Wildman–Crippen LogP) is 6.82. The summed E-state index contributed by atoms with van der Waals surface area (Å²) in [6.07, 6.45) is 7.52. The van der Waals surface area contributed by atoms with E-state index in [1.54, 1.807) is 20.2 Å². The molecule has 0 spiro atoms. The van der Waals surface area contributed by atoms with E-state index in [4.69, 9.17) is 10.7 Å². The van der Waals surface area contributed by atoms with Gasteiger partial charge in [-0.3, -0.25) is 14.9 Å². The van der Waals surface area contributed by atoms with Crippen LogP contribution in [0.3, 0.4) is 0 Å². The van der Waals surface area contributed by atoms with Crippen LogP contribution in [0.25, 0.3) is 0 Å². The van der Waals surface area contributed by atoms with Crippen LogP contribution in [0.4, 0.5) is 20.3 Å². The monoisotopic (exact) mass is 577 g/mol. The Bertz CT molecular complexity index is 1500. The number of nitrogens with one attached hydrogen (secondary N) is 2. The van der Waals surface area contributed by atoms with Crippen LogP contribution in [0.2, 0.25) is 0 Å². The van der Waals surface area contributed by atoms with E-state index in [-0.39, 0.29) is 17.2 Å². The van der Waals surface area contributed by atoms with E-state index in [0.29, 0.717) is 30.3 Å². The molecule has 0 atom stereocenters. The van der Waals surface area contributed by atoms with Crippen molar-refractivity contribution < 1.29 is 13.6 Å². The largest absolute Gasteiger partial charge is 0.369 e. The van der Waals surface area contributed by atoms with E-state index in [9.17, 15) is 4.79 Å². The number of anilines is 2. The highest BCUT2D eigenvalue weighted by Crippen LogP contribution is 2.49. The van der Waals surface area contributed by atoms with Gasteiger partial charge in [-0.05, 0) is 90.3 Å². The number of nitrogens with zero attached hydrogens (tertiary/aromatic N) is 4. The molecule has 0 unspecified atom stereocenters. The van der Waals surface area contributed by atoms with Crippen LogP contribution in [-0.4, -0.2) is 35.2 Å². The molecular weight excluding hydrogens is 536 g/mol. The molecule has 0 bridgehead atoms. The minimum absolute atomic E-state index is 0.240. The Morgan fingerprint density at radius 3 is 2.31 bits per heavy atom. The molecule has 4 rings (SSSR count). The van der Waals surface area contributed by atoms with Crippen molar-refractivity contribution in [2.75, 3.05) is 17.3 Å². The van der Waals surface area contributed by atoms with Crippen LogP contribution in [-0.2, 0) is 10.2 Å². The number of aromatic amines is 1. The average Bonchev–Trinajstić information content (AvgIpc) is 3.87. The zero-order valence-electron chi connectivity index (χ0n) is 25.5. The second-order valence-electron chi connectivity index (χ2n) is 11.1. The zero-order chi connectivity index (χ0) is 30.8. The molecule has 0 saturated heterocycles. The van der Waals surface area contributed by atoms with E-state index in [0.717, 1.165) is 47.4 Å².